The lowest BCUT2D eigenvalue weighted by molar-refractivity contribution is -0.384. The van der Waals surface area contributed by atoms with E-state index >= 15 is 0 Å². The third-order valence-electron chi connectivity index (χ3n) is 5.85. The second-order valence-corrected chi connectivity index (χ2v) is 8.56. The number of nitrogens with one attached hydrogen (secondary N) is 2. The Morgan fingerprint density at radius 1 is 1.06 bits per heavy atom. The molecule has 0 bridgehead atoms. The van der Waals surface area contributed by atoms with E-state index in [0.717, 1.165) is 5.69 Å². The van der Waals surface area contributed by atoms with Crippen molar-refractivity contribution < 1.29 is 14.1 Å². The number of carbonyl (C=O) groups is 1. The number of nitro benzene ring substituents is 1. The van der Waals surface area contributed by atoms with Crippen molar-refractivity contribution in [1.82, 2.24) is 15.2 Å². The number of benzene rings is 2. The minimum absolute atomic E-state index is 0.00157. The van der Waals surface area contributed by atoms with Crippen molar-refractivity contribution in [2.24, 2.45) is 0 Å². The van der Waals surface area contributed by atoms with E-state index < -0.39 is 11.0 Å². The van der Waals surface area contributed by atoms with Crippen molar-refractivity contribution in [3.8, 4) is 11.3 Å². The SMILES string of the molecule is O=C(CN1C(=S)N[C@@H](c2ccccn2)[C@@H]1c1ccc(-c2ccc([N+](=O)[O-])cc2)o1)Nc1ccccc1. The van der Waals surface area contributed by atoms with Gasteiger partial charge in [0.25, 0.3) is 5.69 Å². The van der Waals surface area contributed by atoms with Crippen LogP contribution in [0.3, 0.4) is 0 Å². The maximum atomic E-state index is 12.9. The van der Waals surface area contributed by atoms with Gasteiger partial charge in [0.2, 0.25) is 5.91 Å². The van der Waals surface area contributed by atoms with Crippen LogP contribution in [0.1, 0.15) is 23.5 Å². The maximum Gasteiger partial charge on any atom is 0.269 e. The summed E-state index contributed by atoms with van der Waals surface area (Å²) in [6.45, 7) is 0.00227. The van der Waals surface area contributed by atoms with Gasteiger partial charge in [0.05, 0.1) is 16.7 Å². The van der Waals surface area contributed by atoms with Gasteiger partial charge in [-0.25, -0.2) is 0 Å². The fourth-order valence-corrected chi connectivity index (χ4v) is 4.48. The van der Waals surface area contributed by atoms with Gasteiger partial charge in [-0.3, -0.25) is 19.9 Å². The summed E-state index contributed by atoms with van der Waals surface area (Å²) in [5.41, 5.74) is 2.14. The molecule has 0 spiro atoms. The van der Waals surface area contributed by atoms with Crippen LogP contribution in [0.5, 0.6) is 0 Å². The van der Waals surface area contributed by atoms with Crippen LogP contribution in [0.25, 0.3) is 11.3 Å². The molecule has 0 saturated carbocycles. The van der Waals surface area contributed by atoms with Gasteiger partial charge in [-0.15, -0.1) is 0 Å². The number of hydrogen-bond acceptors (Lipinski definition) is 6. The Balaban J connectivity index is 1.45. The molecule has 2 atom stereocenters. The largest absolute Gasteiger partial charge is 0.459 e. The topological polar surface area (TPSA) is 114 Å². The number of aromatic nitrogens is 1. The van der Waals surface area contributed by atoms with Crippen LogP contribution in [0.15, 0.2) is 95.5 Å². The third-order valence-corrected chi connectivity index (χ3v) is 6.20. The van der Waals surface area contributed by atoms with Gasteiger partial charge in [-0.05, 0) is 60.7 Å². The van der Waals surface area contributed by atoms with Crippen LogP contribution in [0.2, 0.25) is 0 Å². The number of anilines is 1. The first-order valence-electron chi connectivity index (χ1n) is 11.2. The van der Waals surface area contributed by atoms with Gasteiger partial charge in [0, 0.05) is 29.6 Å². The van der Waals surface area contributed by atoms with Gasteiger partial charge >= 0.3 is 0 Å². The number of amides is 1. The second-order valence-electron chi connectivity index (χ2n) is 8.17. The number of nitrogens with zero attached hydrogens (tertiary/aromatic N) is 3. The number of para-hydroxylation sites is 1. The Bertz CT molecular complexity index is 1390. The van der Waals surface area contributed by atoms with E-state index in [0.29, 0.717) is 27.9 Å². The average molecular weight is 500 g/mol. The van der Waals surface area contributed by atoms with Crippen LogP contribution >= 0.6 is 12.2 Å². The molecule has 1 saturated heterocycles. The molecular weight excluding hydrogens is 478 g/mol. The molecule has 0 aliphatic carbocycles. The number of thiocarbonyl (C=S) groups is 1. The molecule has 1 aliphatic rings. The van der Waals surface area contributed by atoms with E-state index in [1.54, 1.807) is 29.3 Å². The molecule has 2 N–H and O–H groups in total. The van der Waals surface area contributed by atoms with Crippen LogP contribution < -0.4 is 10.6 Å². The Labute approximate surface area is 211 Å². The molecule has 1 amide bonds. The summed E-state index contributed by atoms with van der Waals surface area (Å²) in [4.78, 5) is 29.7. The Morgan fingerprint density at radius 3 is 2.50 bits per heavy atom. The maximum absolute atomic E-state index is 12.9. The van der Waals surface area contributed by atoms with E-state index in [4.69, 9.17) is 16.6 Å². The van der Waals surface area contributed by atoms with Crippen LogP contribution in [0.4, 0.5) is 11.4 Å². The van der Waals surface area contributed by atoms with Crippen LogP contribution in [-0.4, -0.2) is 32.4 Å². The lowest BCUT2D eigenvalue weighted by Gasteiger charge is -2.25. The molecule has 1 aliphatic heterocycles. The minimum Gasteiger partial charge on any atom is -0.459 e. The van der Waals surface area contributed by atoms with E-state index in [1.807, 2.05) is 54.6 Å². The van der Waals surface area contributed by atoms with E-state index in [9.17, 15) is 14.9 Å². The zero-order valence-corrected chi connectivity index (χ0v) is 19.7. The highest BCUT2D eigenvalue weighted by atomic mass is 32.1. The summed E-state index contributed by atoms with van der Waals surface area (Å²) in [6.07, 6.45) is 1.70. The van der Waals surface area contributed by atoms with E-state index in [-0.39, 0.29) is 24.2 Å². The summed E-state index contributed by atoms with van der Waals surface area (Å²) >= 11 is 5.62. The average Bonchev–Trinajstić information content (AvgIpc) is 3.50. The summed E-state index contributed by atoms with van der Waals surface area (Å²) in [5.74, 6) is 0.907. The predicted molar refractivity (Wildman–Crippen MR) is 138 cm³/mol. The van der Waals surface area contributed by atoms with Crippen LogP contribution in [0, 0.1) is 10.1 Å². The smallest absolute Gasteiger partial charge is 0.269 e. The molecule has 2 aromatic heterocycles. The summed E-state index contributed by atoms with van der Waals surface area (Å²) in [6, 6.07) is 23.8. The molecule has 36 heavy (non-hydrogen) atoms. The van der Waals surface area contributed by atoms with Crippen molar-refractivity contribution in [3.63, 3.8) is 0 Å². The van der Waals surface area contributed by atoms with Crippen molar-refractivity contribution >= 4 is 34.6 Å². The molecule has 2 aromatic carbocycles. The lowest BCUT2D eigenvalue weighted by atomic mass is 10.0. The lowest BCUT2D eigenvalue weighted by Crippen LogP contribution is -2.36. The van der Waals surface area contributed by atoms with Gasteiger partial charge in [0.15, 0.2) is 5.11 Å². The molecule has 4 aromatic rings. The normalized spacial score (nSPS) is 17.0. The number of hydrogen-bond donors (Lipinski definition) is 2. The molecule has 5 rings (SSSR count). The first-order chi connectivity index (χ1) is 17.5. The molecule has 3 heterocycles. The molecule has 1 fully saturated rings. The van der Waals surface area contributed by atoms with Gasteiger partial charge < -0.3 is 20.0 Å². The predicted octanol–water partition coefficient (Wildman–Crippen LogP) is 4.86. The first kappa shape index (κ1) is 23.2. The highest BCUT2D eigenvalue weighted by molar-refractivity contribution is 7.80. The molecule has 0 unspecified atom stereocenters. The Morgan fingerprint density at radius 2 is 1.81 bits per heavy atom. The third kappa shape index (κ3) is 4.80. The number of pyridine rings is 1. The number of nitro groups is 1. The van der Waals surface area contributed by atoms with Crippen molar-refractivity contribution in [3.05, 3.63) is 113 Å². The van der Waals surface area contributed by atoms with Crippen molar-refractivity contribution in [2.75, 3.05) is 11.9 Å². The zero-order valence-electron chi connectivity index (χ0n) is 18.9. The summed E-state index contributed by atoms with van der Waals surface area (Å²) < 4.78 is 6.21. The minimum atomic E-state index is -0.446. The van der Waals surface area contributed by atoms with Crippen molar-refractivity contribution in [2.45, 2.75) is 12.1 Å². The fourth-order valence-electron chi connectivity index (χ4n) is 4.18. The summed E-state index contributed by atoms with van der Waals surface area (Å²) in [7, 11) is 0. The number of carbonyl (C=O) groups excluding carboxylic acids is 1. The monoisotopic (exact) mass is 499 g/mol. The Hall–Kier alpha value is -4.57. The summed E-state index contributed by atoms with van der Waals surface area (Å²) in [5, 5.41) is 17.6. The number of furan rings is 1. The molecule has 9 nitrogen and oxygen atoms in total. The number of non-ortho nitro benzene ring substituents is 1. The quantitative estimate of drug-likeness (QED) is 0.211. The van der Waals surface area contributed by atoms with Crippen LogP contribution in [-0.2, 0) is 4.79 Å². The molecule has 0 radical (unpaired) electrons. The fraction of sp³-hybridized carbons (Fsp3) is 0.115. The van der Waals surface area contributed by atoms with Gasteiger partial charge in [0.1, 0.15) is 24.1 Å². The van der Waals surface area contributed by atoms with Crippen molar-refractivity contribution in [1.29, 1.82) is 0 Å². The molecule has 10 heteroatoms. The highest BCUT2D eigenvalue weighted by Crippen LogP contribution is 2.40. The molecular formula is C26H21N5O4S. The van der Waals surface area contributed by atoms with E-state index in [1.165, 1.54) is 12.1 Å². The second kappa shape index (κ2) is 9.96. The van der Waals surface area contributed by atoms with Gasteiger partial charge in [-0.1, -0.05) is 24.3 Å². The molecule has 180 valence electrons. The zero-order chi connectivity index (χ0) is 25.1. The van der Waals surface area contributed by atoms with Gasteiger partial charge in [-0.2, -0.15) is 0 Å². The standard InChI is InChI=1S/C26H21N5O4S/c32-23(28-18-6-2-1-3-7-18)16-30-25(24(29-26(30)36)20-8-4-5-15-27-20)22-14-13-21(35-22)17-9-11-19(12-10-17)31(33)34/h1-15,24-25H,16H2,(H,28,32)(H,29,36)/t24-,25-/m0/s1. The number of rotatable bonds is 7. The highest BCUT2D eigenvalue weighted by Gasteiger charge is 2.42. The Kier molecular flexibility index (Phi) is 6.42. The first-order valence-corrected chi connectivity index (χ1v) is 11.6. The van der Waals surface area contributed by atoms with E-state index in [2.05, 4.69) is 15.6 Å².